The van der Waals surface area contributed by atoms with Crippen molar-refractivity contribution < 1.29 is 9.84 Å². The van der Waals surface area contributed by atoms with Crippen LogP contribution in [0.5, 0.6) is 11.5 Å². The summed E-state index contributed by atoms with van der Waals surface area (Å²) in [6, 6.07) is 12.5. The molecule has 0 atom stereocenters. The molecule has 4 N–H and O–H groups in total. The molecule has 3 rings (SSSR count). The Morgan fingerprint density at radius 3 is 2.89 bits per heavy atom. The normalized spacial score (nSPS) is 10.7. The number of benzene rings is 2. The van der Waals surface area contributed by atoms with E-state index in [0.29, 0.717) is 12.4 Å². The van der Waals surface area contributed by atoms with Gasteiger partial charge in [0.25, 0.3) is 0 Å². The fraction of sp³-hybridized carbons (Fsp3) is 0.0667. The number of H-pyrrole nitrogens is 1. The third-order valence-corrected chi connectivity index (χ3v) is 3.00. The molecule has 4 heteroatoms. The Hall–Kier alpha value is -2.62. The van der Waals surface area contributed by atoms with Crippen molar-refractivity contribution in [2.24, 2.45) is 0 Å². The first-order valence-corrected chi connectivity index (χ1v) is 6.00. The van der Waals surface area contributed by atoms with Gasteiger partial charge in [0.15, 0.2) is 0 Å². The number of nitrogens with two attached hydrogens (primary N) is 1. The Morgan fingerprint density at radius 2 is 2.05 bits per heavy atom. The number of aromatic hydroxyl groups is 1. The summed E-state index contributed by atoms with van der Waals surface area (Å²) in [6.07, 6.45) is 1.91. The van der Waals surface area contributed by atoms with Crippen LogP contribution < -0.4 is 10.5 Å². The monoisotopic (exact) mass is 254 g/mol. The first kappa shape index (κ1) is 11.5. The molecule has 3 aromatic rings. The van der Waals surface area contributed by atoms with Crippen molar-refractivity contribution in [1.82, 2.24) is 4.98 Å². The zero-order valence-corrected chi connectivity index (χ0v) is 10.3. The van der Waals surface area contributed by atoms with Gasteiger partial charge in [-0.15, -0.1) is 0 Å². The maximum absolute atomic E-state index is 9.37. The molecule has 0 amide bonds. The van der Waals surface area contributed by atoms with Crippen LogP contribution in [0.25, 0.3) is 10.9 Å². The lowest BCUT2D eigenvalue weighted by Crippen LogP contribution is -1.94. The number of nitrogen functional groups attached to an aromatic ring is 1. The molecule has 2 aromatic carbocycles. The molecule has 0 aliphatic heterocycles. The van der Waals surface area contributed by atoms with Crippen molar-refractivity contribution in [2.45, 2.75) is 6.61 Å². The van der Waals surface area contributed by atoms with Gasteiger partial charge in [0.2, 0.25) is 0 Å². The number of aromatic nitrogens is 1. The van der Waals surface area contributed by atoms with Gasteiger partial charge in [-0.05, 0) is 24.3 Å². The highest BCUT2D eigenvalue weighted by Gasteiger charge is 2.05. The van der Waals surface area contributed by atoms with Crippen LogP contribution in [0.2, 0.25) is 0 Å². The van der Waals surface area contributed by atoms with Crippen molar-refractivity contribution in [3.05, 3.63) is 54.2 Å². The summed E-state index contributed by atoms with van der Waals surface area (Å²) in [7, 11) is 0. The molecule has 0 unspecified atom stereocenters. The van der Waals surface area contributed by atoms with Crippen LogP contribution in [-0.2, 0) is 6.61 Å². The van der Waals surface area contributed by atoms with Crippen molar-refractivity contribution in [3.8, 4) is 11.5 Å². The second kappa shape index (κ2) is 4.57. The topological polar surface area (TPSA) is 71.3 Å². The number of ether oxygens (including phenoxy) is 1. The lowest BCUT2D eigenvalue weighted by molar-refractivity contribution is 0.306. The van der Waals surface area contributed by atoms with E-state index in [9.17, 15) is 5.11 Å². The van der Waals surface area contributed by atoms with Crippen LogP contribution in [-0.4, -0.2) is 10.1 Å². The van der Waals surface area contributed by atoms with Gasteiger partial charge in [-0.1, -0.05) is 12.1 Å². The van der Waals surface area contributed by atoms with Gasteiger partial charge < -0.3 is 20.6 Å². The van der Waals surface area contributed by atoms with Crippen molar-refractivity contribution >= 4 is 16.6 Å². The van der Waals surface area contributed by atoms with Gasteiger partial charge in [-0.3, -0.25) is 0 Å². The summed E-state index contributed by atoms with van der Waals surface area (Å²) < 4.78 is 5.66. The summed E-state index contributed by atoms with van der Waals surface area (Å²) in [4.78, 5) is 3.17. The highest BCUT2D eigenvalue weighted by Crippen LogP contribution is 2.23. The number of phenolic OH excluding ortho intramolecular Hbond substituents is 1. The van der Waals surface area contributed by atoms with Gasteiger partial charge in [-0.25, -0.2) is 0 Å². The quantitative estimate of drug-likeness (QED) is 0.629. The average Bonchev–Trinajstić information content (AvgIpc) is 2.78. The van der Waals surface area contributed by atoms with Gasteiger partial charge >= 0.3 is 0 Å². The van der Waals surface area contributed by atoms with Crippen molar-refractivity contribution in [1.29, 1.82) is 0 Å². The van der Waals surface area contributed by atoms with E-state index < -0.39 is 0 Å². The maximum Gasteiger partial charge on any atom is 0.123 e. The number of aromatic amines is 1. The Bertz CT molecular complexity index is 719. The smallest absolute Gasteiger partial charge is 0.123 e. The largest absolute Gasteiger partial charge is 0.508 e. The summed E-state index contributed by atoms with van der Waals surface area (Å²) in [5, 5.41) is 10.5. The summed E-state index contributed by atoms with van der Waals surface area (Å²) in [6.45, 7) is 0.438. The molecule has 4 nitrogen and oxygen atoms in total. The molecule has 0 fully saturated rings. The molecule has 0 bridgehead atoms. The van der Waals surface area contributed by atoms with E-state index in [0.717, 1.165) is 22.2 Å². The van der Waals surface area contributed by atoms with Crippen molar-refractivity contribution in [3.63, 3.8) is 0 Å². The van der Waals surface area contributed by atoms with Crippen LogP contribution in [0.4, 0.5) is 5.69 Å². The number of rotatable bonds is 3. The van der Waals surface area contributed by atoms with Gasteiger partial charge in [0.1, 0.15) is 18.1 Å². The Labute approximate surface area is 110 Å². The molecule has 96 valence electrons. The summed E-state index contributed by atoms with van der Waals surface area (Å²) >= 11 is 0. The van der Waals surface area contributed by atoms with Gasteiger partial charge in [-0.2, -0.15) is 0 Å². The minimum atomic E-state index is 0.198. The van der Waals surface area contributed by atoms with Crippen LogP contribution in [0, 0.1) is 0 Å². The minimum absolute atomic E-state index is 0.198. The molecule has 0 saturated heterocycles. The van der Waals surface area contributed by atoms with Crippen LogP contribution in [0.15, 0.2) is 48.7 Å². The molecule has 0 aliphatic carbocycles. The van der Waals surface area contributed by atoms with Gasteiger partial charge in [0.05, 0.1) is 0 Å². The zero-order chi connectivity index (χ0) is 13.2. The predicted molar refractivity (Wildman–Crippen MR) is 75.1 cm³/mol. The predicted octanol–water partition coefficient (Wildman–Crippen LogP) is 3.03. The number of hydrogen-bond donors (Lipinski definition) is 3. The number of phenols is 1. The highest BCUT2D eigenvalue weighted by atomic mass is 16.5. The molecule has 0 spiro atoms. The molecule has 1 heterocycles. The fourth-order valence-corrected chi connectivity index (χ4v) is 2.06. The minimum Gasteiger partial charge on any atom is -0.508 e. The van der Waals surface area contributed by atoms with E-state index in [2.05, 4.69) is 4.98 Å². The zero-order valence-electron chi connectivity index (χ0n) is 10.3. The number of anilines is 1. The van der Waals surface area contributed by atoms with E-state index in [4.69, 9.17) is 10.5 Å². The highest BCUT2D eigenvalue weighted by molar-refractivity contribution is 5.85. The lowest BCUT2D eigenvalue weighted by Gasteiger charge is -2.05. The molecule has 0 radical (unpaired) electrons. The third-order valence-electron chi connectivity index (χ3n) is 3.00. The molecule has 0 aliphatic rings. The number of hydrogen-bond acceptors (Lipinski definition) is 3. The number of nitrogens with one attached hydrogen (secondary N) is 1. The maximum atomic E-state index is 9.37. The second-order valence-electron chi connectivity index (χ2n) is 4.40. The standard InChI is InChI=1S/C15H14N2O2/c16-11-4-5-14-10(8-17-15(14)6-11)9-19-13-3-1-2-12(18)7-13/h1-8,17-18H,9,16H2. The first-order chi connectivity index (χ1) is 9.22. The first-order valence-electron chi connectivity index (χ1n) is 6.00. The lowest BCUT2D eigenvalue weighted by atomic mass is 10.2. The summed E-state index contributed by atoms with van der Waals surface area (Å²) in [5.74, 6) is 0.842. The van der Waals surface area contributed by atoms with Gasteiger partial charge in [0, 0.05) is 34.4 Å². The SMILES string of the molecule is Nc1ccc2c(COc3cccc(O)c3)c[nH]c2c1. The molecular weight excluding hydrogens is 240 g/mol. The van der Waals surface area contributed by atoms with Crippen LogP contribution in [0.3, 0.4) is 0 Å². The average molecular weight is 254 g/mol. The molecule has 19 heavy (non-hydrogen) atoms. The molecule has 1 aromatic heterocycles. The Balaban J connectivity index is 1.82. The van der Waals surface area contributed by atoms with E-state index in [1.807, 2.05) is 30.5 Å². The van der Waals surface area contributed by atoms with Crippen molar-refractivity contribution in [2.75, 3.05) is 5.73 Å². The van der Waals surface area contributed by atoms with E-state index in [-0.39, 0.29) is 5.75 Å². The fourth-order valence-electron chi connectivity index (χ4n) is 2.06. The second-order valence-corrected chi connectivity index (χ2v) is 4.40. The Morgan fingerprint density at radius 1 is 1.16 bits per heavy atom. The molecular formula is C15H14N2O2. The van der Waals surface area contributed by atoms with E-state index in [1.165, 1.54) is 0 Å². The van der Waals surface area contributed by atoms with E-state index in [1.54, 1.807) is 18.2 Å². The van der Waals surface area contributed by atoms with E-state index >= 15 is 0 Å². The Kier molecular flexibility index (Phi) is 2.76. The van der Waals surface area contributed by atoms with Crippen LogP contribution in [0.1, 0.15) is 5.56 Å². The van der Waals surface area contributed by atoms with Crippen LogP contribution >= 0.6 is 0 Å². The molecule has 0 saturated carbocycles. The number of fused-ring (bicyclic) bond motifs is 1. The summed E-state index contributed by atoms with van der Waals surface area (Å²) in [5.41, 5.74) is 8.52. The third kappa shape index (κ3) is 2.33.